The van der Waals surface area contributed by atoms with Crippen LogP contribution < -0.4 is 10.5 Å². The predicted octanol–water partition coefficient (Wildman–Crippen LogP) is 0.747. The molecule has 0 aliphatic carbocycles. The first-order chi connectivity index (χ1) is 9.74. The maximum Gasteiger partial charge on any atom is 0.241 e. The number of hydrogen-bond donors (Lipinski definition) is 3. The number of hydrogen-bond acceptors (Lipinski definition) is 6. The molecular formula is C12H18N6O2S. The predicted molar refractivity (Wildman–Crippen MR) is 78.0 cm³/mol. The van der Waals surface area contributed by atoms with Crippen LogP contribution in [-0.4, -0.2) is 29.0 Å². The molecule has 1 heterocycles. The van der Waals surface area contributed by atoms with Crippen molar-refractivity contribution in [1.82, 2.24) is 25.3 Å². The van der Waals surface area contributed by atoms with Gasteiger partial charge < -0.3 is 5.73 Å². The van der Waals surface area contributed by atoms with Crippen LogP contribution in [-0.2, 0) is 10.0 Å². The van der Waals surface area contributed by atoms with Crippen LogP contribution in [0.15, 0.2) is 11.0 Å². The number of nitrogens with one attached hydrogen (secondary N) is 2. The minimum atomic E-state index is -3.74. The van der Waals surface area contributed by atoms with Crippen LogP contribution in [0.1, 0.15) is 35.5 Å². The van der Waals surface area contributed by atoms with Crippen molar-refractivity contribution < 1.29 is 8.42 Å². The van der Waals surface area contributed by atoms with Gasteiger partial charge in [-0.1, -0.05) is 5.21 Å². The molecular weight excluding hydrogens is 292 g/mol. The number of nitrogens with zero attached hydrogens (tertiary/aromatic N) is 3. The molecule has 0 fully saturated rings. The van der Waals surface area contributed by atoms with Gasteiger partial charge in [-0.05, 0) is 50.5 Å². The zero-order chi connectivity index (χ0) is 15.8. The molecule has 9 heteroatoms. The number of aryl methyl sites for hydroxylation is 1. The Balaban J connectivity index is 2.46. The first-order valence-corrected chi connectivity index (χ1v) is 7.84. The largest absolute Gasteiger partial charge is 0.398 e. The number of nitrogens with two attached hydrogens (primary N) is 1. The zero-order valence-electron chi connectivity index (χ0n) is 12.3. The van der Waals surface area contributed by atoms with Gasteiger partial charge in [0.1, 0.15) is 0 Å². The molecule has 4 N–H and O–H groups in total. The molecule has 0 amide bonds. The molecule has 0 bridgehead atoms. The summed E-state index contributed by atoms with van der Waals surface area (Å²) in [5.74, 6) is 0.273. The van der Waals surface area contributed by atoms with Crippen LogP contribution >= 0.6 is 0 Å². The molecule has 2 rings (SSSR count). The fraction of sp³-hybridized carbons (Fsp3) is 0.417. The minimum absolute atomic E-state index is 0.204. The number of benzene rings is 1. The quantitative estimate of drug-likeness (QED) is 0.715. The molecule has 0 spiro atoms. The van der Waals surface area contributed by atoms with E-state index < -0.39 is 16.1 Å². The highest BCUT2D eigenvalue weighted by Crippen LogP contribution is 2.28. The first-order valence-electron chi connectivity index (χ1n) is 6.36. The van der Waals surface area contributed by atoms with Gasteiger partial charge in [0, 0.05) is 5.69 Å². The smallest absolute Gasteiger partial charge is 0.241 e. The Labute approximate surface area is 123 Å². The molecule has 21 heavy (non-hydrogen) atoms. The third kappa shape index (κ3) is 2.88. The summed E-state index contributed by atoms with van der Waals surface area (Å²) in [6.07, 6.45) is 0. The summed E-state index contributed by atoms with van der Waals surface area (Å²) in [7, 11) is -3.74. The Hall–Kier alpha value is -2.00. The van der Waals surface area contributed by atoms with E-state index in [1.165, 1.54) is 0 Å². The third-order valence-electron chi connectivity index (χ3n) is 3.43. The Kier molecular flexibility index (Phi) is 3.97. The topological polar surface area (TPSA) is 127 Å². The van der Waals surface area contributed by atoms with Crippen LogP contribution in [0, 0.1) is 20.8 Å². The molecule has 0 radical (unpaired) electrons. The van der Waals surface area contributed by atoms with Crippen LogP contribution in [0.3, 0.4) is 0 Å². The normalized spacial score (nSPS) is 13.3. The van der Waals surface area contributed by atoms with Crippen LogP contribution in [0.4, 0.5) is 5.69 Å². The number of aromatic amines is 1. The van der Waals surface area contributed by atoms with Crippen LogP contribution in [0.5, 0.6) is 0 Å². The van der Waals surface area contributed by atoms with Gasteiger partial charge in [0.2, 0.25) is 10.0 Å². The van der Waals surface area contributed by atoms with E-state index in [-0.39, 0.29) is 10.7 Å². The number of anilines is 1. The molecule has 2 aromatic rings. The molecule has 1 aromatic heterocycles. The van der Waals surface area contributed by atoms with Crippen molar-refractivity contribution in [3.63, 3.8) is 0 Å². The average molecular weight is 310 g/mol. The van der Waals surface area contributed by atoms with Crippen molar-refractivity contribution in [2.75, 3.05) is 5.73 Å². The van der Waals surface area contributed by atoms with Gasteiger partial charge >= 0.3 is 0 Å². The lowest BCUT2D eigenvalue weighted by molar-refractivity contribution is 0.558. The lowest BCUT2D eigenvalue weighted by atomic mass is 10.1. The molecule has 1 aromatic carbocycles. The molecule has 1 unspecified atom stereocenters. The van der Waals surface area contributed by atoms with Crippen molar-refractivity contribution in [3.8, 4) is 0 Å². The van der Waals surface area contributed by atoms with E-state index in [2.05, 4.69) is 25.3 Å². The minimum Gasteiger partial charge on any atom is -0.398 e. The summed E-state index contributed by atoms with van der Waals surface area (Å²) in [5.41, 5.74) is 8.36. The highest BCUT2D eigenvalue weighted by Gasteiger charge is 2.25. The second kappa shape index (κ2) is 5.41. The van der Waals surface area contributed by atoms with E-state index in [9.17, 15) is 8.42 Å². The number of sulfonamides is 1. The maximum atomic E-state index is 12.6. The van der Waals surface area contributed by atoms with Crippen molar-refractivity contribution in [2.45, 2.75) is 38.6 Å². The van der Waals surface area contributed by atoms with Crippen molar-refractivity contribution in [1.29, 1.82) is 0 Å². The summed E-state index contributed by atoms with van der Waals surface area (Å²) < 4.78 is 27.8. The molecule has 0 saturated heterocycles. The SMILES string of the molecule is Cc1cc(N)c(C)c(S(=O)(=O)NC(C)c2nn[nH]n2)c1C. The van der Waals surface area contributed by atoms with Crippen molar-refractivity contribution >= 4 is 15.7 Å². The summed E-state index contributed by atoms with van der Waals surface area (Å²) in [6.45, 7) is 6.92. The molecule has 1 atom stereocenters. The summed E-state index contributed by atoms with van der Waals surface area (Å²) in [5, 5.41) is 13.3. The second-order valence-electron chi connectivity index (χ2n) is 4.97. The molecule has 0 aliphatic rings. The number of rotatable bonds is 4. The first kappa shape index (κ1) is 15.4. The summed E-state index contributed by atoms with van der Waals surface area (Å²) in [4.78, 5) is 0.204. The highest BCUT2D eigenvalue weighted by molar-refractivity contribution is 7.89. The van der Waals surface area contributed by atoms with Crippen LogP contribution in [0.2, 0.25) is 0 Å². The lowest BCUT2D eigenvalue weighted by Gasteiger charge is -2.17. The van der Waals surface area contributed by atoms with Gasteiger partial charge in [-0.15, -0.1) is 10.2 Å². The van der Waals surface area contributed by atoms with Gasteiger partial charge in [0.25, 0.3) is 0 Å². The zero-order valence-corrected chi connectivity index (χ0v) is 13.1. The number of nitrogen functional groups attached to an aromatic ring is 1. The summed E-state index contributed by atoms with van der Waals surface area (Å²) in [6, 6.07) is 1.17. The van der Waals surface area contributed by atoms with Gasteiger partial charge in [0.05, 0.1) is 10.9 Å². The number of H-pyrrole nitrogens is 1. The fourth-order valence-electron chi connectivity index (χ4n) is 2.14. The fourth-order valence-corrected chi connectivity index (χ4v) is 3.92. The highest BCUT2D eigenvalue weighted by atomic mass is 32.2. The van der Waals surface area contributed by atoms with E-state index >= 15 is 0 Å². The number of tetrazole rings is 1. The number of aromatic nitrogens is 4. The third-order valence-corrected chi connectivity index (χ3v) is 5.24. The Morgan fingerprint density at radius 3 is 2.52 bits per heavy atom. The maximum absolute atomic E-state index is 12.6. The van der Waals surface area contributed by atoms with Crippen molar-refractivity contribution in [2.24, 2.45) is 0 Å². The Morgan fingerprint density at radius 2 is 1.95 bits per heavy atom. The van der Waals surface area contributed by atoms with E-state index in [0.717, 1.165) is 5.56 Å². The van der Waals surface area contributed by atoms with Crippen molar-refractivity contribution in [3.05, 3.63) is 28.6 Å². The Morgan fingerprint density at radius 1 is 1.29 bits per heavy atom. The van der Waals surface area contributed by atoms with E-state index in [1.54, 1.807) is 26.8 Å². The second-order valence-corrected chi connectivity index (χ2v) is 6.63. The molecule has 0 saturated carbocycles. The van der Waals surface area contributed by atoms with Gasteiger partial charge in [-0.25, -0.2) is 13.1 Å². The standard InChI is InChI=1S/C12H18N6O2S/c1-6-5-10(13)8(3)11(7(6)2)21(19,20)16-9(4)12-14-17-18-15-12/h5,9,16H,13H2,1-4H3,(H,14,15,17,18). The van der Waals surface area contributed by atoms with E-state index in [4.69, 9.17) is 5.73 Å². The molecule has 114 valence electrons. The van der Waals surface area contributed by atoms with Crippen LogP contribution in [0.25, 0.3) is 0 Å². The summed E-state index contributed by atoms with van der Waals surface area (Å²) >= 11 is 0. The lowest BCUT2D eigenvalue weighted by Crippen LogP contribution is -2.29. The van der Waals surface area contributed by atoms with E-state index in [1.807, 2.05) is 6.92 Å². The van der Waals surface area contributed by atoms with Gasteiger partial charge in [0.15, 0.2) is 5.82 Å². The molecule has 0 aliphatic heterocycles. The van der Waals surface area contributed by atoms with E-state index in [0.29, 0.717) is 16.8 Å². The Bertz CT molecular complexity index is 728. The molecule has 8 nitrogen and oxygen atoms in total. The van der Waals surface area contributed by atoms with Gasteiger partial charge in [-0.3, -0.25) is 0 Å². The van der Waals surface area contributed by atoms with Gasteiger partial charge in [-0.2, -0.15) is 5.21 Å². The average Bonchev–Trinajstić information content (AvgIpc) is 2.89. The monoisotopic (exact) mass is 310 g/mol.